The number of benzene rings is 1. The third-order valence-corrected chi connectivity index (χ3v) is 7.80. The highest BCUT2D eigenvalue weighted by Crippen LogP contribution is 2.42. The molecule has 1 N–H and O–H groups in total. The summed E-state index contributed by atoms with van der Waals surface area (Å²) in [5.41, 5.74) is 1.38. The van der Waals surface area contributed by atoms with Crippen molar-refractivity contribution in [1.82, 2.24) is 14.8 Å². The SMILES string of the molecule is CCCOc1ccc(C2C(C(=O)c3sc(C)nc3C)=C(O)C(=O)N2CCN2CCCCC2)cc1OC. The topological polar surface area (TPSA) is 92.2 Å². The molecule has 0 aliphatic carbocycles. The molecule has 1 atom stereocenters. The molecule has 1 fully saturated rings. The zero-order chi connectivity index (χ0) is 25.8. The number of hydrogen-bond acceptors (Lipinski definition) is 8. The van der Waals surface area contributed by atoms with E-state index in [1.165, 1.54) is 17.8 Å². The number of nitrogens with zero attached hydrogens (tertiary/aromatic N) is 3. The van der Waals surface area contributed by atoms with Crippen LogP contribution in [-0.4, -0.2) is 71.5 Å². The largest absolute Gasteiger partial charge is 0.503 e. The van der Waals surface area contributed by atoms with Gasteiger partial charge in [-0.15, -0.1) is 11.3 Å². The van der Waals surface area contributed by atoms with E-state index in [-0.39, 0.29) is 11.4 Å². The lowest BCUT2D eigenvalue weighted by atomic mass is 9.94. The van der Waals surface area contributed by atoms with Crippen molar-refractivity contribution >= 4 is 23.0 Å². The molecule has 1 amide bonds. The van der Waals surface area contributed by atoms with Crippen molar-refractivity contribution in [2.24, 2.45) is 0 Å². The number of amides is 1. The van der Waals surface area contributed by atoms with Crippen LogP contribution in [0.15, 0.2) is 29.5 Å². The number of aromatic nitrogens is 1. The molecule has 3 heterocycles. The fraction of sp³-hybridized carbons (Fsp3) is 0.519. The van der Waals surface area contributed by atoms with Crippen molar-refractivity contribution in [1.29, 1.82) is 0 Å². The molecule has 8 nitrogen and oxygen atoms in total. The van der Waals surface area contributed by atoms with E-state index in [1.807, 2.05) is 19.9 Å². The van der Waals surface area contributed by atoms with Crippen LogP contribution in [-0.2, 0) is 4.79 Å². The molecule has 0 saturated carbocycles. The van der Waals surface area contributed by atoms with Crippen LogP contribution in [0.4, 0.5) is 0 Å². The van der Waals surface area contributed by atoms with Crippen LogP contribution in [0.3, 0.4) is 0 Å². The fourth-order valence-corrected chi connectivity index (χ4v) is 5.82. The van der Waals surface area contributed by atoms with Crippen molar-refractivity contribution in [2.45, 2.75) is 52.5 Å². The summed E-state index contributed by atoms with van der Waals surface area (Å²) in [6, 6.07) is 4.71. The zero-order valence-electron chi connectivity index (χ0n) is 21.5. The van der Waals surface area contributed by atoms with Crippen LogP contribution >= 0.6 is 11.3 Å². The predicted molar refractivity (Wildman–Crippen MR) is 139 cm³/mol. The maximum absolute atomic E-state index is 13.7. The lowest BCUT2D eigenvalue weighted by molar-refractivity contribution is -0.129. The Morgan fingerprint density at radius 2 is 1.92 bits per heavy atom. The summed E-state index contributed by atoms with van der Waals surface area (Å²) >= 11 is 1.28. The van der Waals surface area contributed by atoms with Gasteiger partial charge in [-0.2, -0.15) is 0 Å². The van der Waals surface area contributed by atoms with Crippen molar-refractivity contribution in [2.75, 3.05) is 39.9 Å². The summed E-state index contributed by atoms with van der Waals surface area (Å²) in [7, 11) is 1.56. The molecule has 0 radical (unpaired) electrons. The van der Waals surface area contributed by atoms with Gasteiger partial charge in [0.1, 0.15) is 0 Å². The number of ketones is 1. The summed E-state index contributed by atoms with van der Waals surface area (Å²) in [5.74, 6) is -0.252. The highest BCUT2D eigenvalue weighted by Gasteiger charge is 2.44. The molecule has 1 unspecified atom stereocenters. The number of carbonyl (C=O) groups is 2. The van der Waals surface area contributed by atoms with Crippen molar-refractivity contribution in [3.63, 3.8) is 0 Å². The highest BCUT2D eigenvalue weighted by atomic mass is 32.1. The molecular weight excluding hydrogens is 478 g/mol. The Labute approximate surface area is 216 Å². The van der Waals surface area contributed by atoms with E-state index in [1.54, 1.807) is 31.1 Å². The molecule has 2 aliphatic rings. The third kappa shape index (κ3) is 5.27. The number of rotatable bonds is 10. The number of methoxy groups -OCH3 is 1. The first-order valence-electron chi connectivity index (χ1n) is 12.6. The van der Waals surface area contributed by atoms with Gasteiger partial charge in [-0.1, -0.05) is 19.4 Å². The van der Waals surface area contributed by atoms with E-state index in [0.29, 0.717) is 47.3 Å². The number of Topliss-reactive ketones (excluding diaryl/α,β-unsaturated/α-hetero) is 1. The number of likely N-dealkylation sites (tertiary alicyclic amines) is 1. The average Bonchev–Trinajstić information content (AvgIpc) is 3.36. The number of hydrogen-bond donors (Lipinski definition) is 1. The number of aryl methyl sites for hydroxylation is 2. The van der Waals surface area contributed by atoms with Crippen LogP contribution in [0.2, 0.25) is 0 Å². The molecule has 0 bridgehead atoms. The summed E-state index contributed by atoms with van der Waals surface area (Å²) < 4.78 is 11.4. The highest BCUT2D eigenvalue weighted by molar-refractivity contribution is 7.14. The maximum atomic E-state index is 13.7. The number of ether oxygens (including phenoxy) is 2. The standard InChI is InChI=1S/C27H35N3O5S/c1-5-15-35-20-10-9-19(16-21(20)34-4)23-22(24(31)26-17(2)28-18(3)36-26)25(32)27(33)30(23)14-13-29-11-7-6-8-12-29/h9-10,16,23,32H,5-8,11-15H2,1-4H3. The molecule has 1 saturated heterocycles. The van der Waals surface area contributed by atoms with Crippen LogP contribution in [0.25, 0.3) is 0 Å². The predicted octanol–water partition coefficient (Wildman–Crippen LogP) is 4.62. The Hall–Kier alpha value is -2.91. The molecule has 194 valence electrons. The van der Waals surface area contributed by atoms with Crippen molar-refractivity contribution < 1.29 is 24.2 Å². The van der Waals surface area contributed by atoms with Gasteiger partial charge in [0.05, 0.1) is 40.9 Å². The first kappa shape index (κ1) is 26.2. The lowest BCUT2D eigenvalue weighted by Gasteiger charge is -2.32. The second-order valence-electron chi connectivity index (χ2n) is 9.30. The van der Waals surface area contributed by atoms with Gasteiger partial charge in [-0.3, -0.25) is 9.59 Å². The smallest absolute Gasteiger partial charge is 0.290 e. The number of piperidine rings is 1. The second kappa shape index (κ2) is 11.4. The zero-order valence-corrected chi connectivity index (χ0v) is 22.3. The molecule has 0 spiro atoms. The van der Waals surface area contributed by atoms with Gasteiger partial charge in [-0.05, 0) is 63.9 Å². The van der Waals surface area contributed by atoms with E-state index in [4.69, 9.17) is 9.47 Å². The normalized spacial score (nSPS) is 18.7. The third-order valence-electron chi connectivity index (χ3n) is 6.73. The molecule has 1 aromatic carbocycles. The van der Waals surface area contributed by atoms with E-state index < -0.39 is 17.7 Å². The average molecular weight is 514 g/mol. The van der Waals surface area contributed by atoms with E-state index in [0.717, 1.165) is 37.4 Å². The Morgan fingerprint density at radius 3 is 2.56 bits per heavy atom. The van der Waals surface area contributed by atoms with Crippen LogP contribution in [0.1, 0.15) is 64.6 Å². The Bertz CT molecular complexity index is 1150. The van der Waals surface area contributed by atoms with Crippen molar-refractivity contribution in [3.8, 4) is 11.5 Å². The summed E-state index contributed by atoms with van der Waals surface area (Å²) in [5, 5.41) is 11.8. The maximum Gasteiger partial charge on any atom is 0.290 e. The molecule has 2 aliphatic heterocycles. The molecule has 2 aromatic rings. The summed E-state index contributed by atoms with van der Waals surface area (Å²) in [4.78, 5) is 35.9. The molecule has 36 heavy (non-hydrogen) atoms. The van der Waals surface area contributed by atoms with Crippen LogP contribution in [0, 0.1) is 13.8 Å². The van der Waals surface area contributed by atoms with Crippen LogP contribution < -0.4 is 9.47 Å². The van der Waals surface area contributed by atoms with E-state index >= 15 is 0 Å². The molecular formula is C27H35N3O5S. The van der Waals surface area contributed by atoms with Crippen molar-refractivity contribution in [3.05, 3.63) is 50.7 Å². The second-order valence-corrected chi connectivity index (χ2v) is 10.5. The minimum atomic E-state index is -0.731. The van der Waals surface area contributed by atoms with Gasteiger partial charge in [0.2, 0.25) is 5.78 Å². The monoisotopic (exact) mass is 513 g/mol. The van der Waals surface area contributed by atoms with Gasteiger partial charge < -0.3 is 24.4 Å². The summed E-state index contributed by atoms with van der Waals surface area (Å²) in [6.45, 7) is 9.27. The van der Waals surface area contributed by atoms with Gasteiger partial charge in [0.15, 0.2) is 17.3 Å². The Kier molecular flexibility index (Phi) is 8.31. The first-order chi connectivity index (χ1) is 17.3. The molecule has 9 heteroatoms. The number of aliphatic hydroxyl groups is 1. The Morgan fingerprint density at radius 1 is 1.17 bits per heavy atom. The number of thiazole rings is 1. The van der Waals surface area contributed by atoms with Crippen LogP contribution in [0.5, 0.6) is 11.5 Å². The first-order valence-corrected chi connectivity index (χ1v) is 13.4. The fourth-order valence-electron chi connectivity index (χ4n) is 4.94. The molecule has 4 rings (SSSR count). The van der Waals surface area contributed by atoms with Gasteiger partial charge in [0.25, 0.3) is 5.91 Å². The summed E-state index contributed by atoms with van der Waals surface area (Å²) in [6.07, 6.45) is 4.37. The van der Waals surface area contributed by atoms with Gasteiger partial charge >= 0.3 is 0 Å². The quantitative estimate of drug-likeness (QED) is 0.464. The van der Waals surface area contributed by atoms with E-state index in [9.17, 15) is 14.7 Å². The van der Waals surface area contributed by atoms with Gasteiger partial charge in [0, 0.05) is 13.1 Å². The number of carbonyl (C=O) groups excluding carboxylic acids is 2. The minimum absolute atomic E-state index is 0.0923. The van der Waals surface area contributed by atoms with E-state index in [2.05, 4.69) is 9.88 Å². The lowest BCUT2D eigenvalue weighted by Crippen LogP contribution is -2.40. The number of aliphatic hydroxyl groups excluding tert-OH is 1. The van der Waals surface area contributed by atoms with Gasteiger partial charge in [-0.25, -0.2) is 4.98 Å². The molecule has 1 aromatic heterocycles. The Balaban J connectivity index is 1.72. The minimum Gasteiger partial charge on any atom is -0.503 e.